The largest absolute Gasteiger partial charge is 0.480 e. The highest BCUT2D eigenvalue weighted by molar-refractivity contribution is 5.77. The third-order valence-corrected chi connectivity index (χ3v) is 3.75. The Labute approximate surface area is 128 Å². The number of benzene rings is 1. The van der Waals surface area contributed by atoms with Crippen LogP contribution >= 0.6 is 0 Å². The van der Waals surface area contributed by atoms with Gasteiger partial charge in [0.15, 0.2) is 0 Å². The Balaban J connectivity index is 2.29. The summed E-state index contributed by atoms with van der Waals surface area (Å²) in [6.45, 7) is 4.23. The highest BCUT2D eigenvalue weighted by Crippen LogP contribution is 2.15. The van der Waals surface area contributed by atoms with E-state index in [1.807, 2.05) is 31.2 Å². The van der Waals surface area contributed by atoms with Crippen molar-refractivity contribution in [2.24, 2.45) is 0 Å². The normalized spacial score (nSPS) is 12.1. The van der Waals surface area contributed by atoms with Gasteiger partial charge in [0, 0.05) is 5.69 Å². The molecule has 0 fully saturated rings. The van der Waals surface area contributed by atoms with Gasteiger partial charge in [0.1, 0.15) is 6.04 Å². The summed E-state index contributed by atoms with van der Waals surface area (Å²) in [6, 6.07) is 7.39. The summed E-state index contributed by atoms with van der Waals surface area (Å²) in [5, 5.41) is 12.4. The Hall–Kier alpha value is -1.51. The van der Waals surface area contributed by atoms with Crippen LogP contribution in [-0.2, 0) is 4.79 Å². The number of unbranched alkanes of at least 4 members (excludes halogenated alkanes) is 6. The Bertz CT molecular complexity index is 417. The number of carbonyl (C=O) groups is 1. The van der Waals surface area contributed by atoms with Crippen LogP contribution in [0.1, 0.15) is 63.9 Å². The Morgan fingerprint density at radius 2 is 1.81 bits per heavy atom. The fraction of sp³-hybridized carbons (Fsp3) is 0.611. The molecule has 0 aromatic heterocycles. The van der Waals surface area contributed by atoms with E-state index in [2.05, 4.69) is 12.2 Å². The summed E-state index contributed by atoms with van der Waals surface area (Å²) in [4.78, 5) is 11.3. The van der Waals surface area contributed by atoms with E-state index in [4.69, 9.17) is 0 Å². The lowest BCUT2D eigenvalue weighted by molar-refractivity contribution is -0.138. The van der Waals surface area contributed by atoms with Crippen molar-refractivity contribution >= 4 is 11.7 Å². The Morgan fingerprint density at radius 3 is 2.43 bits per heavy atom. The predicted molar refractivity (Wildman–Crippen MR) is 88.8 cm³/mol. The average Bonchev–Trinajstić information content (AvgIpc) is 2.45. The fourth-order valence-corrected chi connectivity index (χ4v) is 2.50. The minimum absolute atomic E-state index is 0.484. The van der Waals surface area contributed by atoms with Crippen LogP contribution in [0.2, 0.25) is 0 Å². The quantitative estimate of drug-likeness (QED) is 0.564. The van der Waals surface area contributed by atoms with Crippen LogP contribution < -0.4 is 5.32 Å². The summed E-state index contributed by atoms with van der Waals surface area (Å²) >= 11 is 0. The van der Waals surface area contributed by atoms with Crippen molar-refractivity contribution in [2.75, 3.05) is 5.32 Å². The third-order valence-electron chi connectivity index (χ3n) is 3.75. The smallest absolute Gasteiger partial charge is 0.326 e. The van der Waals surface area contributed by atoms with Gasteiger partial charge in [-0.1, -0.05) is 64.0 Å². The van der Waals surface area contributed by atoms with E-state index in [-0.39, 0.29) is 0 Å². The van der Waals surface area contributed by atoms with Crippen molar-refractivity contribution in [1.29, 1.82) is 0 Å². The van der Waals surface area contributed by atoms with E-state index < -0.39 is 12.0 Å². The maximum Gasteiger partial charge on any atom is 0.326 e. The van der Waals surface area contributed by atoms with Gasteiger partial charge in [0.25, 0.3) is 0 Å². The number of hydrogen-bond acceptors (Lipinski definition) is 2. The molecule has 0 amide bonds. The zero-order valence-electron chi connectivity index (χ0n) is 13.4. The van der Waals surface area contributed by atoms with Crippen LogP contribution in [0.4, 0.5) is 5.69 Å². The molecule has 0 aliphatic carbocycles. The van der Waals surface area contributed by atoms with Crippen molar-refractivity contribution in [3.63, 3.8) is 0 Å². The molecular formula is C18H29NO2. The molecule has 0 bridgehead atoms. The average molecular weight is 291 g/mol. The van der Waals surface area contributed by atoms with Gasteiger partial charge in [-0.15, -0.1) is 0 Å². The van der Waals surface area contributed by atoms with E-state index in [0.717, 1.165) is 24.1 Å². The molecule has 1 unspecified atom stereocenters. The highest BCUT2D eigenvalue weighted by Gasteiger charge is 2.16. The first kappa shape index (κ1) is 17.5. The maximum absolute atomic E-state index is 11.3. The zero-order valence-corrected chi connectivity index (χ0v) is 13.4. The third kappa shape index (κ3) is 7.74. The van der Waals surface area contributed by atoms with Crippen molar-refractivity contribution < 1.29 is 9.90 Å². The number of aryl methyl sites for hydroxylation is 1. The van der Waals surface area contributed by atoms with Crippen molar-refractivity contribution in [2.45, 2.75) is 71.3 Å². The van der Waals surface area contributed by atoms with Gasteiger partial charge in [-0.3, -0.25) is 0 Å². The molecule has 0 aliphatic rings. The molecule has 0 heterocycles. The molecule has 3 nitrogen and oxygen atoms in total. The van der Waals surface area contributed by atoms with Gasteiger partial charge in [-0.25, -0.2) is 4.79 Å². The number of anilines is 1. The van der Waals surface area contributed by atoms with E-state index in [1.165, 1.54) is 32.1 Å². The molecule has 0 aliphatic heterocycles. The van der Waals surface area contributed by atoms with E-state index >= 15 is 0 Å². The number of carboxylic acids is 1. The van der Waals surface area contributed by atoms with E-state index in [0.29, 0.717) is 6.42 Å². The first-order chi connectivity index (χ1) is 10.1. The van der Waals surface area contributed by atoms with Gasteiger partial charge in [0.2, 0.25) is 0 Å². The van der Waals surface area contributed by atoms with E-state index in [9.17, 15) is 9.90 Å². The molecule has 1 aromatic carbocycles. The topological polar surface area (TPSA) is 49.3 Å². The van der Waals surface area contributed by atoms with Gasteiger partial charge in [0.05, 0.1) is 0 Å². The van der Waals surface area contributed by atoms with Crippen LogP contribution in [0.25, 0.3) is 0 Å². The molecule has 21 heavy (non-hydrogen) atoms. The van der Waals surface area contributed by atoms with Crippen molar-refractivity contribution in [3.8, 4) is 0 Å². The monoisotopic (exact) mass is 291 g/mol. The van der Waals surface area contributed by atoms with Crippen LogP contribution in [0.15, 0.2) is 24.3 Å². The van der Waals surface area contributed by atoms with Crippen LogP contribution in [0.5, 0.6) is 0 Å². The molecule has 1 aromatic rings. The van der Waals surface area contributed by atoms with Gasteiger partial charge in [-0.05, 0) is 31.0 Å². The molecule has 0 spiro atoms. The standard InChI is InChI=1S/C18H29NO2/c1-3-4-5-6-7-8-9-13-17(18(20)21)19-16-12-10-11-15(2)14-16/h10-12,14,17,19H,3-9,13H2,1-2H3,(H,20,21). The molecule has 118 valence electrons. The van der Waals surface area contributed by atoms with Crippen LogP contribution in [0, 0.1) is 6.92 Å². The molecule has 0 saturated heterocycles. The van der Waals surface area contributed by atoms with Crippen LogP contribution in [-0.4, -0.2) is 17.1 Å². The molecular weight excluding hydrogens is 262 g/mol. The summed E-state index contributed by atoms with van der Waals surface area (Å²) in [7, 11) is 0. The lowest BCUT2D eigenvalue weighted by atomic mass is 10.0. The highest BCUT2D eigenvalue weighted by atomic mass is 16.4. The second kappa shape index (κ2) is 10.3. The SMILES string of the molecule is CCCCCCCCCC(Nc1cccc(C)c1)C(=O)O. The second-order valence-electron chi connectivity index (χ2n) is 5.81. The van der Waals surface area contributed by atoms with Crippen LogP contribution in [0.3, 0.4) is 0 Å². The number of rotatable bonds is 11. The summed E-state index contributed by atoms with van der Waals surface area (Å²) in [5.41, 5.74) is 2.03. The zero-order chi connectivity index (χ0) is 15.5. The molecule has 2 N–H and O–H groups in total. The Kier molecular flexibility index (Phi) is 8.56. The predicted octanol–water partition coefficient (Wildman–Crippen LogP) is 5.00. The van der Waals surface area contributed by atoms with E-state index in [1.54, 1.807) is 0 Å². The van der Waals surface area contributed by atoms with Gasteiger partial charge in [-0.2, -0.15) is 0 Å². The van der Waals surface area contributed by atoms with Crippen molar-refractivity contribution in [1.82, 2.24) is 0 Å². The molecule has 1 atom stereocenters. The summed E-state index contributed by atoms with van der Waals surface area (Å²) in [6.07, 6.45) is 9.17. The minimum Gasteiger partial charge on any atom is -0.480 e. The molecule has 0 saturated carbocycles. The fourth-order valence-electron chi connectivity index (χ4n) is 2.50. The summed E-state index contributed by atoms with van der Waals surface area (Å²) in [5.74, 6) is -0.762. The summed E-state index contributed by atoms with van der Waals surface area (Å²) < 4.78 is 0. The Morgan fingerprint density at radius 1 is 1.14 bits per heavy atom. The molecule has 0 radical (unpaired) electrons. The minimum atomic E-state index is -0.762. The number of carboxylic acid groups (broad SMARTS) is 1. The number of nitrogens with one attached hydrogen (secondary N) is 1. The number of hydrogen-bond donors (Lipinski definition) is 2. The lowest BCUT2D eigenvalue weighted by Gasteiger charge is -2.16. The van der Waals surface area contributed by atoms with Gasteiger partial charge < -0.3 is 10.4 Å². The maximum atomic E-state index is 11.3. The van der Waals surface area contributed by atoms with Gasteiger partial charge >= 0.3 is 5.97 Å². The first-order valence-corrected chi connectivity index (χ1v) is 8.19. The number of aliphatic carboxylic acids is 1. The molecule has 1 rings (SSSR count). The second-order valence-corrected chi connectivity index (χ2v) is 5.81. The molecule has 3 heteroatoms. The lowest BCUT2D eigenvalue weighted by Crippen LogP contribution is -2.29. The van der Waals surface area contributed by atoms with Crippen molar-refractivity contribution in [3.05, 3.63) is 29.8 Å². The first-order valence-electron chi connectivity index (χ1n) is 8.19.